The summed E-state index contributed by atoms with van der Waals surface area (Å²) in [7, 11) is 0. The van der Waals surface area contributed by atoms with Crippen molar-refractivity contribution < 1.29 is 14.7 Å². The molecule has 98 valence electrons. The Labute approximate surface area is 109 Å². The molecule has 0 aliphatic carbocycles. The molecule has 1 aliphatic rings. The minimum absolute atomic E-state index is 0.242. The molecule has 2 rings (SSSR count). The zero-order valence-electron chi connectivity index (χ0n) is 10.1. The predicted octanol–water partition coefficient (Wildman–Crippen LogP) is 1.18. The number of carbonyl (C=O) groups excluding carboxylic acids is 1. The van der Waals surface area contributed by atoms with Crippen molar-refractivity contribution >= 4 is 23.4 Å². The highest BCUT2D eigenvalue weighted by Crippen LogP contribution is 2.22. The number of hydrogen-bond donors (Lipinski definition) is 1. The van der Waals surface area contributed by atoms with Crippen LogP contribution in [0.4, 0.5) is 0 Å². The maximum absolute atomic E-state index is 12.3. The second-order valence-corrected chi connectivity index (χ2v) is 5.00. The fourth-order valence-corrected chi connectivity index (χ4v) is 2.87. The number of aromatic nitrogens is 2. The number of aliphatic carboxylic acids is 1. The van der Waals surface area contributed by atoms with Crippen molar-refractivity contribution in [3.05, 3.63) is 10.6 Å². The first kappa shape index (κ1) is 12.9. The average Bonchev–Trinajstić information content (AvgIpc) is 2.86. The molecule has 0 radical (unpaired) electrons. The van der Waals surface area contributed by atoms with Gasteiger partial charge in [0.15, 0.2) is 0 Å². The van der Waals surface area contributed by atoms with Gasteiger partial charge in [0, 0.05) is 6.54 Å². The quantitative estimate of drug-likeness (QED) is 0.890. The zero-order chi connectivity index (χ0) is 13.1. The van der Waals surface area contributed by atoms with E-state index in [4.69, 9.17) is 5.11 Å². The van der Waals surface area contributed by atoms with Crippen LogP contribution in [0, 0.1) is 0 Å². The van der Waals surface area contributed by atoms with E-state index in [0.29, 0.717) is 30.0 Å². The molecule has 0 unspecified atom stereocenters. The highest BCUT2D eigenvalue weighted by molar-refractivity contribution is 7.08. The molecule has 1 aliphatic heterocycles. The van der Waals surface area contributed by atoms with Crippen molar-refractivity contribution in [2.45, 2.75) is 38.6 Å². The Morgan fingerprint density at radius 1 is 1.50 bits per heavy atom. The maximum Gasteiger partial charge on any atom is 0.326 e. The number of nitrogens with zero attached hydrogens (tertiary/aromatic N) is 3. The van der Waals surface area contributed by atoms with Gasteiger partial charge in [-0.05, 0) is 37.2 Å². The Balaban J connectivity index is 2.23. The summed E-state index contributed by atoms with van der Waals surface area (Å²) in [4.78, 5) is 25.4. The van der Waals surface area contributed by atoms with Crippen molar-refractivity contribution in [1.82, 2.24) is 14.5 Å². The molecule has 6 nitrogen and oxygen atoms in total. The summed E-state index contributed by atoms with van der Waals surface area (Å²) in [5.74, 6) is -1.17. The van der Waals surface area contributed by atoms with Crippen LogP contribution in [0.15, 0.2) is 0 Å². The van der Waals surface area contributed by atoms with E-state index in [1.54, 1.807) is 0 Å². The standard InChI is InChI=1S/C11H15N3O3S/c1-2-7-9(18-13-12-7)10(15)14-6-4-3-5-8(14)11(16)17/h8H,2-6H2,1H3,(H,16,17)/t8-/m0/s1. The van der Waals surface area contributed by atoms with Crippen molar-refractivity contribution in [2.75, 3.05) is 6.54 Å². The molecule has 1 aromatic rings. The van der Waals surface area contributed by atoms with Gasteiger partial charge in [0.05, 0.1) is 5.69 Å². The molecule has 0 bridgehead atoms. The minimum Gasteiger partial charge on any atom is -0.480 e. The van der Waals surface area contributed by atoms with Gasteiger partial charge in [-0.3, -0.25) is 4.79 Å². The van der Waals surface area contributed by atoms with Gasteiger partial charge >= 0.3 is 5.97 Å². The molecular formula is C11H15N3O3S. The van der Waals surface area contributed by atoms with Crippen LogP contribution in [0.1, 0.15) is 41.6 Å². The summed E-state index contributed by atoms with van der Waals surface area (Å²) in [5.41, 5.74) is 0.653. The highest BCUT2D eigenvalue weighted by Gasteiger charge is 2.34. The molecule has 7 heteroatoms. The number of rotatable bonds is 3. The number of carbonyl (C=O) groups is 2. The molecule has 1 saturated heterocycles. The Kier molecular flexibility index (Phi) is 3.90. The summed E-state index contributed by atoms with van der Waals surface area (Å²) < 4.78 is 3.78. The van der Waals surface area contributed by atoms with Crippen LogP contribution in [-0.2, 0) is 11.2 Å². The molecule has 0 spiro atoms. The van der Waals surface area contributed by atoms with E-state index in [1.165, 1.54) is 4.90 Å². The number of likely N-dealkylation sites (tertiary alicyclic amines) is 1. The van der Waals surface area contributed by atoms with Gasteiger partial charge in [-0.25, -0.2) is 4.79 Å². The first-order valence-corrected chi connectivity index (χ1v) is 6.77. The van der Waals surface area contributed by atoms with Gasteiger partial charge in [0.1, 0.15) is 10.9 Å². The van der Waals surface area contributed by atoms with E-state index < -0.39 is 12.0 Å². The monoisotopic (exact) mass is 269 g/mol. The maximum atomic E-state index is 12.3. The van der Waals surface area contributed by atoms with Crippen molar-refractivity contribution in [3.8, 4) is 0 Å². The van der Waals surface area contributed by atoms with Gasteiger partial charge in [0.2, 0.25) is 0 Å². The van der Waals surface area contributed by atoms with Crippen LogP contribution in [0.25, 0.3) is 0 Å². The van der Waals surface area contributed by atoms with E-state index in [2.05, 4.69) is 9.59 Å². The summed E-state index contributed by atoms with van der Waals surface area (Å²) >= 11 is 1.04. The second-order valence-electron chi connectivity index (χ2n) is 4.25. The van der Waals surface area contributed by atoms with Gasteiger partial charge in [-0.1, -0.05) is 11.4 Å². The van der Waals surface area contributed by atoms with Crippen LogP contribution in [0.5, 0.6) is 0 Å². The molecule has 1 amide bonds. The number of aryl methyl sites for hydroxylation is 1. The Morgan fingerprint density at radius 3 is 2.94 bits per heavy atom. The van der Waals surface area contributed by atoms with Crippen LogP contribution in [-0.4, -0.2) is 44.1 Å². The molecule has 0 aromatic carbocycles. The highest BCUT2D eigenvalue weighted by atomic mass is 32.1. The summed E-state index contributed by atoms with van der Waals surface area (Å²) in [6.07, 6.45) is 2.85. The van der Waals surface area contributed by atoms with Crippen LogP contribution in [0.2, 0.25) is 0 Å². The topological polar surface area (TPSA) is 83.4 Å². The van der Waals surface area contributed by atoms with E-state index in [9.17, 15) is 9.59 Å². The Morgan fingerprint density at radius 2 is 2.28 bits per heavy atom. The van der Waals surface area contributed by atoms with Crippen molar-refractivity contribution in [3.63, 3.8) is 0 Å². The summed E-state index contributed by atoms with van der Waals surface area (Å²) in [6.45, 7) is 2.40. The lowest BCUT2D eigenvalue weighted by Crippen LogP contribution is -2.48. The van der Waals surface area contributed by atoms with Gasteiger partial charge in [-0.15, -0.1) is 5.10 Å². The number of carboxylic acid groups (broad SMARTS) is 1. The Hall–Kier alpha value is -1.50. The molecule has 0 saturated carbocycles. The predicted molar refractivity (Wildman–Crippen MR) is 65.6 cm³/mol. The first-order valence-electron chi connectivity index (χ1n) is 6.00. The smallest absolute Gasteiger partial charge is 0.326 e. The normalized spacial score (nSPS) is 19.8. The van der Waals surface area contributed by atoms with Crippen molar-refractivity contribution in [2.24, 2.45) is 0 Å². The van der Waals surface area contributed by atoms with Crippen molar-refractivity contribution in [1.29, 1.82) is 0 Å². The lowest BCUT2D eigenvalue weighted by Gasteiger charge is -2.32. The molecule has 1 fully saturated rings. The third kappa shape index (κ3) is 2.35. The lowest BCUT2D eigenvalue weighted by atomic mass is 10.0. The molecular weight excluding hydrogens is 254 g/mol. The van der Waals surface area contributed by atoms with Crippen LogP contribution < -0.4 is 0 Å². The van der Waals surface area contributed by atoms with Gasteiger partial charge < -0.3 is 10.0 Å². The first-order chi connectivity index (χ1) is 8.65. The van der Waals surface area contributed by atoms with Crippen LogP contribution in [0.3, 0.4) is 0 Å². The minimum atomic E-state index is -0.932. The molecule has 1 N–H and O–H groups in total. The SMILES string of the molecule is CCc1nnsc1C(=O)N1CCCC[C@H]1C(=O)O. The number of amides is 1. The lowest BCUT2D eigenvalue weighted by molar-refractivity contribution is -0.143. The van der Waals surface area contributed by atoms with E-state index >= 15 is 0 Å². The number of hydrogen-bond acceptors (Lipinski definition) is 5. The summed E-state index contributed by atoms with van der Waals surface area (Å²) in [5, 5.41) is 13.1. The van der Waals surface area contributed by atoms with Gasteiger partial charge in [0.25, 0.3) is 5.91 Å². The fraction of sp³-hybridized carbons (Fsp3) is 0.636. The average molecular weight is 269 g/mol. The van der Waals surface area contributed by atoms with E-state index in [0.717, 1.165) is 24.4 Å². The second kappa shape index (κ2) is 5.43. The number of piperidine rings is 1. The Bertz CT molecular complexity index is 460. The van der Waals surface area contributed by atoms with E-state index in [1.807, 2.05) is 6.92 Å². The zero-order valence-corrected chi connectivity index (χ0v) is 10.9. The summed E-state index contributed by atoms with van der Waals surface area (Å²) in [6, 6.07) is -0.710. The molecule has 2 heterocycles. The molecule has 1 atom stereocenters. The van der Waals surface area contributed by atoms with E-state index in [-0.39, 0.29) is 5.91 Å². The number of carboxylic acids is 1. The molecule has 1 aromatic heterocycles. The molecule has 18 heavy (non-hydrogen) atoms. The van der Waals surface area contributed by atoms with Gasteiger partial charge in [-0.2, -0.15) is 0 Å². The largest absolute Gasteiger partial charge is 0.480 e. The third-order valence-corrected chi connectivity index (χ3v) is 3.89. The van der Waals surface area contributed by atoms with Crippen LogP contribution >= 0.6 is 11.5 Å². The third-order valence-electron chi connectivity index (χ3n) is 3.13. The fourth-order valence-electron chi connectivity index (χ4n) is 2.16.